The average Bonchev–Trinajstić information content (AvgIpc) is 2.86. The van der Waals surface area contributed by atoms with Gasteiger partial charge in [-0.2, -0.15) is 0 Å². The summed E-state index contributed by atoms with van der Waals surface area (Å²) in [5.74, 6) is -0.272. The Morgan fingerprint density at radius 3 is 2.58 bits per heavy atom. The van der Waals surface area contributed by atoms with Crippen molar-refractivity contribution in [3.8, 4) is 5.75 Å². The van der Waals surface area contributed by atoms with Gasteiger partial charge < -0.3 is 10.4 Å². The minimum Gasteiger partial charge on any atom is -0.506 e. The number of phenols is 1. The number of halogens is 3. The molecule has 24 heavy (non-hydrogen) atoms. The van der Waals surface area contributed by atoms with Gasteiger partial charge in [0.1, 0.15) is 5.75 Å². The van der Waals surface area contributed by atoms with Crippen LogP contribution in [0.15, 0.2) is 50.8 Å². The van der Waals surface area contributed by atoms with E-state index >= 15 is 0 Å². The maximum atomic E-state index is 12.1. The van der Waals surface area contributed by atoms with Gasteiger partial charge in [-0.1, -0.05) is 23.2 Å². The van der Waals surface area contributed by atoms with Crippen molar-refractivity contribution in [1.29, 1.82) is 0 Å². The van der Waals surface area contributed by atoms with E-state index < -0.39 is 0 Å². The van der Waals surface area contributed by atoms with Crippen molar-refractivity contribution < 1.29 is 9.90 Å². The maximum Gasteiger partial charge on any atom is 0.264 e. The molecule has 1 saturated heterocycles. The number of aliphatic imine (C=N–C) groups is 1. The second kappa shape index (κ2) is 7.19. The number of benzene rings is 2. The molecule has 0 spiro atoms. The van der Waals surface area contributed by atoms with Gasteiger partial charge in [0.2, 0.25) is 0 Å². The predicted molar refractivity (Wildman–Crippen MR) is 103 cm³/mol. The Balaban J connectivity index is 1.89. The second-order valence-electron chi connectivity index (χ2n) is 4.78. The molecule has 2 N–H and O–H groups in total. The van der Waals surface area contributed by atoms with Crippen molar-refractivity contribution in [2.75, 3.05) is 0 Å². The zero-order chi connectivity index (χ0) is 17.3. The number of hydrogen-bond acceptors (Lipinski definition) is 4. The van der Waals surface area contributed by atoms with E-state index in [2.05, 4.69) is 26.2 Å². The molecule has 0 saturated carbocycles. The lowest BCUT2D eigenvalue weighted by atomic mass is 10.2. The molecule has 2 aromatic rings. The molecule has 122 valence electrons. The van der Waals surface area contributed by atoms with Gasteiger partial charge >= 0.3 is 0 Å². The number of rotatable bonds is 2. The molecule has 1 amide bonds. The van der Waals surface area contributed by atoms with Crippen LogP contribution in [0.1, 0.15) is 5.56 Å². The van der Waals surface area contributed by atoms with E-state index in [-0.39, 0.29) is 11.7 Å². The quantitative estimate of drug-likeness (QED) is 0.614. The summed E-state index contributed by atoms with van der Waals surface area (Å²) in [6, 6.07) is 10.1. The molecule has 0 atom stereocenters. The summed E-state index contributed by atoms with van der Waals surface area (Å²) < 4.78 is 0.459. The lowest BCUT2D eigenvalue weighted by Crippen LogP contribution is -2.19. The van der Waals surface area contributed by atoms with Crippen LogP contribution in [0.2, 0.25) is 10.0 Å². The van der Waals surface area contributed by atoms with Crippen LogP contribution in [0.25, 0.3) is 6.08 Å². The third-order valence-corrected chi connectivity index (χ3v) is 5.04. The first-order valence-corrected chi connectivity index (χ1v) is 9.02. The third kappa shape index (κ3) is 3.95. The van der Waals surface area contributed by atoms with E-state index in [4.69, 9.17) is 23.2 Å². The SMILES string of the molecule is O=C1NC(=Nc2ccc(Cl)cc2)S/C1=C/c1cc(Cl)cc(Br)c1O. The number of carbonyl (C=O) groups excluding carboxylic acids is 1. The summed E-state index contributed by atoms with van der Waals surface area (Å²) in [6.07, 6.45) is 1.57. The standard InChI is InChI=1S/C16H9BrCl2N2O2S/c17-12-7-10(19)5-8(14(12)22)6-13-15(23)21-16(24-13)20-11-3-1-9(18)2-4-11/h1-7,22H,(H,20,21,23)/b13-6+. The molecular formula is C16H9BrCl2N2O2S. The van der Waals surface area contributed by atoms with Gasteiger partial charge in [0.05, 0.1) is 15.1 Å². The summed E-state index contributed by atoms with van der Waals surface area (Å²) in [5, 5.41) is 14.3. The Bertz CT molecular complexity index is 882. The van der Waals surface area contributed by atoms with Crippen LogP contribution in [0, 0.1) is 0 Å². The highest BCUT2D eigenvalue weighted by atomic mass is 79.9. The van der Waals surface area contributed by atoms with E-state index in [9.17, 15) is 9.90 Å². The first-order chi connectivity index (χ1) is 11.4. The molecule has 1 aliphatic heterocycles. The molecule has 0 bridgehead atoms. The minimum absolute atomic E-state index is 0.0170. The van der Waals surface area contributed by atoms with Crippen LogP contribution >= 0.6 is 50.9 Å². The van der Waals surface area contributed by atoms with Crippen LogP contribution in [0.4, 0.5) is 5.69 Å². The van der Waals surface area contributed by atoms with Gasteiger partial charge in [0.25, 0.3) is 5.91 Å². The van der Waals surface area contributed by atoms with Crippen LogP contribution in [-0.2, 0) is 4.79 Å². The summed E-state index contributed by atoms with van der Waals surface area (Å²) in [5.41, 5.74) is 1.12. The topological polar surface area (TPSA) is 61.7 Å². The van der Waals surface area contributed by atoms with Crippen molar-refractivity contribution >= 4 is 73.7 Å². The van der Waals surface area contributed by atoms with Gasteiger partial charge in [-0.05, 0) is 70.2 Å². The van der Waals surface area contributed by atoms with Crippen LogP contribution in [-0.4, -0.2) is 16.2 Å². The number of amides is 1. The predicted octanol–water partition coefficient (Wildman–Crippen LogP) is 5.35. The van der Waals surface area contributed by atoms with Gasteiger partial charge in [0, 0.05) is 15.6 Å². The molecule has 3 rings (SSSR count). The number of phenolic OH excluding ortho intramolecular Hbond substituents is 1. The zero-order valence-corrected chi connectivity index (χ0v) is 15.8. The van der Waals surface area contributed by atoms with E-state index in [1.807, 2.05) is 0 Å². The summed E-state index contributed by atoms with van der Waals surface area (Å²) in [7, 11) is 0. The Hall–Kier alpha value is -1.47. The van der Waals surface area contributed by atoms with Crippen molar-refractivity contribution in [2.24, 2.45) is 4.99 Å². The average molecular weight is 444 g/mol. The fourth-order valence-electron chi connectivity index (χ4n) is 1.95. The number of thioether (sulfide) groups is 1. The molecule has 1 heterocycles. The smallest absolute Gasteiger partial charge is 0.264 e. The van der Waals surface area contributed by atoms with Crippen molar-refractivity contribution in [1.82, 2.24) is 5.32 Å². The number of nitrogens with zero attached hydrogens (tertiary/aromatic N) is 1. The third-order valence-electron chi connectivity index (χ3n) is 3.05. The molecule has 0 aliphatic carbocycles. The van der Waals surface area contributed by atoms with Crippen molar-refractivity contribution in [2.45, 2.75) is 0 Å². The Kier molecular flexibility index (Phi) is 5.20. The lowest BCUT2D eigenvalue weighted by molar-refractivity contribution is -0.115. The van der Waals surface area contributed by atoms with Crippen LogP contribution in [0.3, 0.4) is 0 Å². The number of carbonyl (C=O) groups is 1. The van der Waals surface area contributed by atoms with Crippen LogP contribution < -0.4 is 5.32 Å². The first-order valence-electron chi connectivity index (χ1n) is 6.65. The summed E-state index contributed by atoms with van der Waals surface area (Å²) in [6.45, 7) is 0. The number of amidine groups is 1. The molecule has 8 heteroatoms. The fraction of sp³-hybridized carbons (Fsp3) is 0. The van der Waals surface area contributed by atoms with Gasteiger partial charge in [-0.15, -0.1) is 0 Å². The van der Waals surface area contributed by atoms with E-state index in [0.29, 0.717) is 35.8 Å². The van der Waals surface area contributed by atoms with Gasteiger partial charge in [-0.25, -0.2) is 4.99 Å². The molecule has 0 radical (unpaired) electrons. The first kappa shape index (κ1) is 17.4. The lowest BCUT2D eigenvalue weighted by Gasteiger charge is -2.03. The van der Waals surface area contributed by atoms with E-state index in [1.165, 1.54) is 11.8 Å². The van der Waals surface area contributed by atoms with E-state index in [0.717, 1.165) is 0 Å². The highest BCUT2D eigenvalue weighted by Gasteiger charge is 2.24. The highest BCUT2D eigenvalue weighted by molar-refractivity contribution is 9.10. The zero-order valence-electron chi connectivity index (χ0n) is 11.9. The maximum absolute atomic E-state index is 12.1. The Morgan fingerprint density at radius 1 is 1.17 bits per heavy atom. The molecule has 0 aromatic heterocycles. The van der Waals surface area contributed by atoms with Gasteiger partial charge in [0.15, 0.2) is 5.17 Å². The van der Waals surface area contributed by atoms with Crippen molar-refractivity contribution in [3.05, 3.63) is 61.4 Å². The van der Waals surface area contributed by atoms with Crippen molar-refractivity contribution in [3.63, 3.8) is 0 Å². The number of nitrogens with one attached hydrogen (secondary N) is 1. The largest absolute Gasteiger partial charge is 0.506 e. The molecule has 1 aliphatic rings. The Labute approximate surface area is 160 Å². The summed E-state index contributed by atoms with van der Waals surface area (Å²) >= 11 is 16.2. The fourth-order valence-corrected chi connectivity index (χ4v) is 3.74. The monoisotopic (exact) mass is 442 g/mol. The van der Waals surface area contributed by atoms with Gasteiger partial charge in [-0.3, -0.25) is 4.79 Å². The summed E-state index contributed by atoms with van der Waals surface area (Å²) in [4.78, 5) is 16.8. The molecule has 2 aromatic carbocycles. The molecule has 0 unspecified atom stereocenters. The Morgan fingerprint density at radius 2 is 1.88 bits per heavy atom. The minimum atomic E-state index is -0.289. The normalized spacial score (nSPS) is 17.5. The van der Waals surface area contributed by atoms with Crippen LogP contribution in [0.5, 0.6) is 5.75 Å². The molecular weight excluding hydrogens is 435 g/mol. The molecule has 1 fully saturated rings. The molecule has 4 nitrogen and oxygen atoms in total. The second-order valence-corrected chi connectivity index (χ2v) is 7.54. The highest BCUT2D eigenvalue weighted by Crippen LogP contribution is 2.35. The van der Waals surface area contributed by atoms with E-state index in [1.54, 1.807) is 42.5 Å². The number of hydrogen-bond donors (Lipinski definition) is 2. The number of aromatic hydroxyl groups is 1.